The fourth-order valence-corrected chi connectivity index (χ4v) is 6.40. The van der Waals surface area contributed by atoms with E-state index in [1.807, 2.05) is 7.05 Å². The molecule has 2 fully saturated rings. The van der Waals surface area contributed by atoms with Crippen LogP contribution in [0.3, 0.4) is 0 Å². The van der Waals surface area contributed by atoms with Gasteiger partial charge in [0.1, 0.15) is 12.0 Å². The van der Waals surface area contributed by atoms with Crippen LogP contribution >= 0.6 is 0 Å². The topological polar surface area (TPSA) is 61.8 Å². The van der Waals surface area contributed by atoms with Gasteiger partial charge >= 0.3 is 0 Å². The summed E-state index contributed by atoms with van der Waals surface area (Å²) in [6.07, 6.45) is 5.60. The number of benzene rings is 1. The number of nitrogens with zero attached hydrogens (tertiary/aromatic N) is 1. The predicted octanol–water partition coefficient (Wildman–Crippen LogP) is 5.49. The van der Waals surface area contributed by atoms with Gasteiger partial charge in [0.2, 0.25) is 5.91 Å². The van der Waals surface area contributed by atoms with Crippen LogP contribution in [0.5, 0.6) is 0 Å². The largest absolute Gasteiger partial charge is 0.385 e. The molecule has 0 bridgehead atoms. The van der Waals surface area contributed by atoms with E-state index in [1.165, 1.54) is 0 Å². The third kappa shape index (κ3) is 8.15. The van der Waals surface area contributed by atoms with E-state index in [1.54, 1.807) is 12.0 Å². The number of ether oxygens (including phenoxy) is 1. The van der Waals surface area contributed by atoms with E-state index in [0.29, 0.717) is 76.6 Å². The Morgan fingerprint density at radius 3 is 2.61 bits per heavy atom. The molecule has 2 aliphatic rings. The van der Waals surface area contributed by atoms with Gasteiger partial charge in [-0.2, -0.15) is 0 Å². The van der Waals surface area contributed by atoms with Crippen LogP contribution in [0, 0.1) is 35.2 Å². The number of unbranched alkanes of at least 4 members (excludes halogenated alkanes) is 1. The van der Waals surface area contributed by atoms with E-state index in [0.717, 1.165) is 25.3 Å². The van der Waals surface area contributed by atoms with Crippen molar-refractivity contribution in [1.82, 2.24) is 10.2 Å². The molecule has 1 aliphatic carbocycles. The standard InChI is InChI=1S/C29H44F4N2O3/c1-34-18-21(14-20-7-9-23(30)10-8-20)15-27(36)35-12-5-6-22(19-35)29(37,11-3-4-13-38-2)25-16-24(31)17-26(32)28(25)33/h16-17,20-23,34,37H,3-15,18-19H2,1-2H3/t20?,21-,22-,23?,29+/m1/s1. The van der Waals surface area contributed by atoms with Crippen molar-refractivity contribution in [3.05, 3.63) is 35.1 Å². The monoisotopic (exact) mass is 544 g/mol. The Morgan fingerprint density at radius 1 is 1.18 bits per heavy atom. The van der Waals surface area contributed by atoms with Gasteiger partial charge in [0.25, 0.3) is 0 Å². The minimum Gasteiger partial charge on any atom is -0.385 e. The van der Waals surface area contributed by atoms with Gasteiger partial charge in [-0.3, -0.25) is 4.79 Å². The Bertz CT molecular complexity index is 897. The molecule has 2 N–H and O–H groups in total. The van der Waals surface area contributed by atoms with E-state index in [2.05, 4.69) is 5.32 Å². The highest BCUT2D eigenvalue weighted by molar-refractivity contribution is 5.76. The normalized spacial score (nSPS) is 24.7. The summed E-state index contributed by atoms with van der Waals surface area (Å²) in [5, 5.41) is 15.0. The smallest absolute Gasteiger partial charge is 0.222 e. The number of likely N-dealkylation sites (tertiary alicyclic amines) is 1. The summed E-state index contributed by atoms with van der Waals surface area (Å²) in [6, 6.07) is 1.35. The summed E-state index contributed by atoms with van der Waals surface area (Å²) in [7, 11) is 3.41. The zero-order chi connectivity index (χ0) is 27.7. The van der Waals surface area contributed by atoms with Gasteiger partial charge < -0.3 is 20.1 Å². The molecule has 0 unspecified atom stereocenters. The minimum absolute atomic E-state index is 0.0400. The van der Waals surface area contributed by atoms with Crippen molar-refractivity contribution in [3.63, 3.8) is 0 Å². The number of hydrogen-bond acceptors (Lipinski definition) is 4. The molecule has 0 aromatic heterocycles. The molecule has 216 valence electrons. The number of piperidine rings is 1. The van der Waals surface area contributed by atoms with E-state index in [-0.39, 0.29) is 30.4 Å². The van der Waals surface area contributed by atoms with Crippen molar-refractivity contribution in [3.8, 4) is 0 Å². The lowest BCUT2D eigenvalue weighted by Gasteiger charge is -2.43. The third-order valence-electron chi connectivity index (χ3n) is 8.46. The van der Waals surface area contributed by atoms with Crippen molar-refractivity contribution in [2.75, 3.05) is 40.4 Å². The van der Waals surface area contributed by atoms with E-state index in [9.17, 15) is 27.5 Å². The molecular formula is C29H44F4N2O3. The Hall–Kier alpha value is -1.71. The second kappa shape index (κ2) is 14.6. The molecule has 1 heterocycles. The summed E-state index contributed by atoms with van der Waals surface area (Å²) >= 11 is 0. The number of halogens is 4. The number of amides is 1. The van der Waals surface area contributed by atoms with Crippen LogP contribution in [0.25, 0.3) is 0 Å². The summed E-state index contributed by atoms with van der Waals surface area (Å²) in [5.41, 5.74) is -2.21. The first-order chi connectivity index (χ1) is 18.2. The molecule has 1 aromatic carbocycles. The van der Waals surface area contributed by atoms with Crippen molar-refractivity contribution >= 4 is 5.91 Å². The van der Waals surface area contributed by atoms with Crippen LogP contribution in [0.15, 0.2) is 12.1 Å². The first-order valence-corrected chi connectivity index (χ1v) is 14.1. The van der Waals surface area contributed by atoms with Crippen LogP contribution in [0.1, 0.15) is 76.2 Å². The highest BCUT2D eigenvalue weighted by atomic mass is 19.2. The van der Waals surface area contributed by atoms with Crippen molar-refractivity contribution < 1.29 is 32.2 Å². The van der Waals surface area contributed by atoms with Gasteiger partial charge in [-0.05, 0) is 95.7 Å². The highest BCUT2D eigenvalue weighted by Gasteiger charge is 2.43. The van der Waals surface area contributed by atoms with Crippen molar-refractivity contribution in [2.45, 2.75) is 82.4 Å². The van der Waals surface area contributed by atoms with Gasteiger partial charge in [0, 0.05) is 50.8 Å². The molecule has 3 rings (SSSR count). The summed E-state index contributed by atoms with van der Waals surface area (Å²) in [5.74, 6) is -3.63. The summed E-state index contributed by atoms with van der Waals surface area (Å²) < 4.78 is 61.9. The number of carbonyl (C=O) groups is 1. The molecule has 0 radical (unpaired) electrons. The van der Waals surface area contributed by atoms with Gasteiger partial charge in [0.15, 0.2) is 11.6 Å². The number of nitrogens with one attached hydrogen (secondary N) is 1. The molecule has 3 atom stereocenters. The molecule has 0 spiro atoms. The maximum absolute atomic E-state index is 14.9. The maximum atomic E-state index is 14.9. The van der Waals surface area contributed by atoms with Gasteiger partial charge in [-0.1, -0.05) is 0 Å². The second-order valence-electron chi connectivity index (χ2n) is 11.3. The van der Waals surface area contributed by atoms with E-state index < -0.39 is 35.1 Å². The average Bonchev–Trinajstić information content (AvgIpc) is 2.90. The van der Waals surface area contributed by atoms with E-state index >= 15 is 0 Å². The van der Waals surface area contributed by atoms with Crippen molar-refractivity contribution in [1.29, 1.82) is 0 Å². The van der Waals surface area contributed by atoms with Gasteiger partial charge in [-0.15, -0.1) is 0 Å². The lowest BCUT2D eigenvalue weighted by Crippen LogP contribution is -2.49. The van der Waals surface area contributed by atoms with Crippen molar-refractivity contribution in [2.24, 2.45) is 17.8 Å². The Morgan fingerprint density at radius 2 is 1.92 bits per heavy atom. The number of rotatable bonds is 13. The third-order valence-corrected chi connectivity index (χ3v) is 8.46. The lowest BCUT2D eigenvalue weighted by molar-refractivity contribution is -0.138. The molecular weight excluding hydrogens is 500 g/mol. The van der Waals surface area contributed by atoms with E-state index in [4.69, 9.17) is 4.74 Å². The lowest BCUT2D eigenvalue weighted by atomic mass is 9.73. The molecule has 1 saturated carbocycles. The maximum Gasteiger partial charge on any atom is 0.222 e. The van der Waals surface area contributed by atoms with Crippen LogP contribution in [0.2, 0.25) is 0 Å². The minimum atomic E-state index is -1.82. The highest BCUT2D eigenvalue weighted by Crippen LogP contribution is 2.42. The summed E-state index contributed by atoms with van der Waals surface area (Å²) in [6.45, 7) is 1.84. The van der Waals surface area contributed by atoms with Crippen LogP contribution in [-0.2, 0) is 15.1 Å². The van der Waals surface area contributed by atoms with Gasteiger partial charge in [-0.25, -0.2) is 17.6 Å². The first-order valence-electron chi connectivity index (χ1n) is 14.1. The number of carbonyl (C=O) groups excluding carboxylic acids is 1. The molecule has 38 heavy (non-hydrogen) atoms. The van der Waals surface area contributed by atoms with Crippen LogP contribution in [-0.4, -0.2) is 62.5 Å². The molecule has 1 aliphatic heterocycles. The Balaban J connectivity index is 1.74. The number of aliphatic hydroxyl groups is 1. The van der Waals surface area contributed by atoms with Gasteiger partial charge in [0.05, 0.1) is 5.60 Å². The molecule has 9 heteroatoms. The zero-order valence-electron chi connectivity index (χ0n) is 22.8. The molecule has 1 aromatic rings. The quantitative estimate of drug-likeness (QED) is 0.196. The Kier molecular flexibility index (Phi) is 11.9. The number of hydrogen-bond donors (Lipinski definition) is 2. The predicted molar refractivity (Wildman–Crippen MR) is 139 cm³/mol. The zero-order valence-corrected chi connectivity index (χ0v) is 22.8. The average molecular weight is 545 g/mol. The first kappa shape index (κ1) is 30.8. The second-order valence-corrected chi connectivity index (χ2v) is 11.3. The fraction of sp³-hybridized carbons (Fsp3) is 0.759. The Labute approximate surface area is 224 Å². The fourth-order valence-electron chi connectivity index (χ4n) is 6.40. The SMILES string of the molecule is CNC[C@@H](CC(=O)N1CCC[C@@H]([C@@](O)(CCCCOC)c2cc(F)cc(F)c2F)C1)CC1CCC(F)CC1. The summed E-state index contributed by atoms with van der Waals surface area (Å²) in [4.78, 5) is 15.1. The van der Waals surface area contributed by atoms with Crippen LogP contribution < -0.4 is 5.32 Å². The number of alkyl halides is 1. The van der Waals surface area contributed by atoms with Crippen LogP contribution in [0.4, 0.5) is 17.6 Å². The molecule has 5 nitrogen and oxygen atoms in total. The molecule has 1 saturated heterocycles. The number of methoxy groups -OCH3 is 1. The molecule has 1 amide bonds.